The summed E-state index contributed by atoms with van der Waals surface area (Å²) in [6.07, 6.45) is 0. The normalized spacial score (nSPS) is 26.2. The minimum absolute atomic E-state index is 0.200. The predicted octanol–water partition coefficient (Wildman–Crippen LogP) is 2.37. The van der Waals surface area contributed by atoms with Gasteiger partial charge in [-0.05, 0) is 39.5 Å². The summed E-state index contributed by atoms with van der Waals surface area (Å²) in [5.74, 6) is 0.328. The van der Waals surface area contributed by atoms with Crippen molar-refractivity contribution in [1.82, 2.24) is 4.90 Å². The second kappa shape index (κ2) is 4.82. The van der Waals surface area contributed by atoms with Gasteiger partial charge in [0.15, 0.2) is 0 Å². The molecule has 0 bridgehead atoms. The van der Waals surface area contributed by atoms with Gasteiger partial charge in [0.25, 0.3) is 0 Å². The molecule has 0 aromatic heterocycles. The van der Waals surface area contributed by atoms with Crippen LogP contribution < -0.4 is 5.73 Å². The number of hydrogen-bond acceptors (Lipinski definition) is 2. The highest BCUT2D eigenvalue weighted by Gasteiger charge is 2.26. The topological polar surface area (TPSA) is 29.3 Å². The van der Waals surface area contributed by atoms with E-state index in [1.54, 1.807) is 12.1 Å². The molecule has 0 aliphatic carbocycles. The highest BCUT2D eigenvalue weighted by atomic mass is 79.9. The smallest absolute Gasteiger partial charge is 0.137 e. The summed E-state index contributed by atoms with van der Waals surface area (Å²) in [6.45, 7) is 4.84. The third-order valence-electron chi connectivity index (χ3n) is 3.14. The average Bonchev–Trinajstić information content (AvgIpc) is 2.52. The van der Waals surface area contributed by atoms with Crippen LogP contribution in [0, 0.1) is 11.7 Å². The number of nitrogens with zero attached hydrogens (tertiary/aromatic N) is 1. The number of rotatable bonds is 2. The molecule has 0 saturated carbocycles. The zero-order valence-corrected chi connectivity index (χ0v) is 10.9. The quantitative estimate of drug-likeness (QED) is 0.905. The Morgan fingerprint density at radius 3 is 2.81 bits per heavy atom. The highest BCUT2D eigenvalue weighted by molar-refractivity contribution is 9.10. The summed E-state index contributed by atoms with van der Waals surface area (Å²) in [7, 11) is 0. The van der Waals surface area contributed by atoms with E-state index in [1.807, 2.05) is 6.07 Å². The van der Waals surface area contributed by atoms with Crippen LogP contribution in [0.4, 0.5) is 4.39 Å². The second-order valence-corrected chi connectivity index (χ2v) is 5.44. The first-order valence-electron chi connectivity index (χ1n) is 5.48. The molecule has 1 heterocycles. The number of likely N-dealkylation sites (tertiary alicyclic amines) is 1. The van der Waals surface area contributed by atoms with E-state index in [2.05, 4.69) is 27.8 Å². The van der Waals surface area contributed by atoms with Crippen molar-refractivity contribution in [3.05, 3.63) is 34.1 Å². The Kier molecular flexibility index (Phi) is 3.62. The Bertz CT molecular complexity index is 373. The van der Waals surface area contributed by atoms with Gasteiger partial charge in [0.1, 0.15) is 5.82 Å². The van der Waals surface area contributed by atoms with Gasteiger partial charge in [0, 0.05) is 25.7 Å². The molecule has 16 heavy (non-hydrogen) atoms. The van der Waals surface area contributed by atoms with Gasteiger partial charge < -0.3 is 5.73 Å². The monoisotopic (exact) mass is 286 g/mol. The maximum Gasteiger partial charge on any atom is 0.137 e. The molecule has 0 radical (unpaired) electrons. The first-order valence-corrected chi connectivity index (χ1v) is 6.27. The van der Waals surface area contributed by atoms with Crippen LogP contribution in [-0.2, 0) is 6.54 Å². The molecule has 2 rings (SSSR count). The fraction of sp³-hybridized carbons (Fsp3) is 0.500. The first kappa shape index (κ1) is 12.0. The van der Waals surface area contributed by atoms with Crippen LogP contribution in [-0.4, -0.2) is 24.0 Å². The van der Waals surface area contributed by atoms with Crippen LogP contribution in [0.3, 0.4) is 0 Å². The van der Waals surface area contributed by atoms with Gasteiger partial charge in [-0.1, -0.05) is 13.0 Å². The lowest BCUT2D eigenvalue weighted by Gasteiger charge is -2.15. The van der Waals surface area contributed by atoms with Gasteiger partial charge in [-0.2, -0.15) is 0 Å². The van der Waals surface area contributed by atoms with Crippen molar-refractivity contribution in [2.45, 2.75) is 19.5 Å². The molecule has 0 spiro atoms. The summed E-state index contributed by atoms with van der Waals surface area (Å²) in [5, 5.41) is 0. The lowest BCUT2D eigenvalue weighted by Crippen LogP contribution is -2.28. The molecule has 1 aliphatic rings. The molecule has 1 aromatic rings. The molecule has 88 valence electrons. The van der Waals surface area contributed by atoms with E-state index in [0.29, 0.717) is 10.4 Å². The van der Waals surface area contributed by atoms with Crippen LogP contribution in [0.1, 0.15) is 12.5 Å². The summed E-state index contributed by atoms with van der Waals surface area (Å²) >= 11 is 3.15. The Morgan fingerprint density at radius 1 is 1.50 bits per heavy atom. The molecule has 2 unspecified atom stereocenters. The largest absolute Gasteiger partial charge is 0.326 e. The van der Waals surface area contributed by atoms with Crippen LogP contribution in [0.5, 0.6) is 0 Å². The SMILES string of the molecule is CC1CN(Cc2ccc(Br)c(F)c2)CC1N. The van der Waals surface area contributed by atoms with Gasteiger partial charge in [-0.3, -0.25) is 4.90 Å². The van der Waals surface area contributed by atoms with Crippen molar-refractivity contribution in [3.63, 3.8) is 0 Å². The van der Waals surface area contributed by atoms with Crippen molar-refractivity contribution in [3.8, 4) is 0 Å². The molecule has 2 nitrogen and oxygen atoms in total. The molecular weight excluding hydrogens is 271 g/mol. The summed E-state index contributed by atoms with van der Waals surface area (Å²) in [5.41, 5.74) is 6.95. The molecule has 1 fully saturated rings. The molecule has 1 aromatic carbocycles. The maximum atomic E-state index is 13.3. The number of hydrogen-bond donors (Lipinski definition) is 1. The van der Waals surface area contributed by atoms with E-state index >= 15 is 0 Å². The van der Waals surface area contributed by atoms with Gasteiger partial charge in [-0.25, -0.2) is 4.39 Å². The standard InChI is InChI=1S/C12H16BrFN2/c1-8-5-16(7-12(8)15)6-9-2-3-10(13)11(14)4-9/h2-4,8,12H,5-7,15H2,1H3. The van der Waals surface area contributed by atoms with Crippen molar-refractivity contribution in [2.75, 3.05) is 13.1 Å². The van der Waals surface area contributed by atoms with Crippen molar-refractivity contribution in [1.29, 1.82) is 0 Å². The van der Waals surface area contributed by atoms with E-state index in [9.17, 15) is 4.39 Å². The first-order chi connectivity index (χ1) is 7.56. The fourth-order valence-corrected chi connectivity index (χ4v) is 2.37. The van der Waals surface area contributed by atoms with Gasteiger partial charge in [0.2, 0.25) is 0 Å². The number of benzene rings is 1. The Hall–Kier alpha value is -0.450. The zero-order valence-electron chi connectivity index (χ0n) is 9.29. The van der Waals surface area contributed by atoms with Crippen molar-refractivity contribution < 1.29 is 4.39 Å². The maximum absolute atomic E-state index is 13.3. The molecule has 4 heteroatoms. The van der Waals surface area contributed by atoms with Gasteiger partial charge in [-0.15, -0.1) is 0 Å². The van der Waals surface area contributed by atoms with E-state index < -0.39 is 0 Å². The minimum Gasteiger partial charge on any atom is -0.326 e. The van der Waals surface area contributed by atoms with Crippen molar-refractivity contribution >= 4 is 15.9 Å². The molecule has 1 aliphatic heterocycles. The Morgan fingerprint density at radius 2 is 2.25 bits per heavy atom. The molecule has 2 atom stereocenters. The number of halogens is 2. The van der Waals surface area contributed by atoms with Crippen molar-refractivity contribution in [2.24, 2.45) is 11.7 Å². The lowest BCUT2D eigenvalue weighted by molar-refractivity contribution is 0.318. The molecule has 2 N–H and O–H groups in total. The predicted molar refractivity (Wildman–Crippen MR) is 66.5 cm³/mol. The highest BCUT2D eigenvalue weighted by Crippen LogP contribution is 2.20. The van der Waals surface area contributed by atoms with E-state index in [-0.39, 0.29) is 11.9 Å². The average molecular weight is 287 g/mol. The van der Waals surface area contributed by atoms with Crippen LogP contribution in [0.15, 0.2) is 22.7 Å². The van der Waals surface area contributed by atoms with E-state index in [4.69, 9.17) is 5.73 Å². The minimum atomic E-state index is -0.200. The van der Waals surface area contributed by atoms with Gasteiger partial charge >= 0.3 is 0 Å². The van der Waals surface area contributed by atoms with Crippen LogP contribution >= 0.6 is 15.9 Å². The van der Waals surface area contributed by atoms with E-state index in [0.717, 1.165) is 25.2 Å². The fourth-order valence-electron chi connectivity index (χ4n) is 2.12. The third-order valence-corrected chi connectivity index (χ3v) is 3.78. The summed E-state index contributed by atoms with van der Waals surface area (Å²) < 4.78 is 13.8. The summed E-state index contributed by atoms with van der Waals surface area (Å²) in [6, 6.07) is 5.53. The molecule has 0 amide bonds. The third kappa shape index (κ3) is 2.62. The Labute approximate surface area is 104 Å². The number of nitrogens with two attached hydrogens (primary N) is 1. The van der Waals surface area contributed by atoms with Crippen LogP contribution in [0.25, 0.3) is 0 Å². The second-order valence-electron chi connectivity index (χ2n) is 4.58. The molecular formula is C12H16BrFN2. The lowest BCUT2D eigenvalue weighted by atomic mass is 10.1. The summed E-state index contributed by atoms with van der Waals surface area (Å²) in [4.78, 5) is 2.28. The molecule has 1 saturated heterocycles. The Balaban J connectivity index is 2.02. The zero-order chi connectivity index (χ0) is 11.7. The van der Waals surface area contributed by atoms with E-state index in [1.165, 1.54) is 0 Å². The van der Waals surface area contributed by atoms with Gasteiger partial charge in [0.05, 0.1) is 4.47 Å². The van der Waals surface area contributed by atoms with Crippen LogP contribution in [0.2, 0.25) is 0 Å².